The zero-order valence-corrected chi connectivity index (χ0v) is 15.0. The molecule has 2 N–H and O–H groups in total. The minimum absolute atomic E-state index is 0.216. The van der Waals surface area contributed by atoms with Gasteiger partial charge in [0.2, 0.25) is 0 Å². The fraction of sp³-hybridized carbons (Fsp3) is 0.105. The molecule has 0 spiro atoms. The summed E-state index contributed by atoms with van der Waals surface area (Å²) >= 11 is 0. The van der Waals surface area contributed by atoms with Crippen molar-refractivity contribution in [2.45, 2.75) is 13.5 Å². The highest BCUT2D eigenvalue weighted by atomic mass is 16.2. The smallest absolute Gasteiger partial charge is 0.330 e. The van der Waals surface area contributed by atoms with E-state index in [0.29, 0.717) is 23.6 Å². The number of nitrogens with zero attached hydrogens (tertiary/aromatic N) is 5. The van der Waals surface area contributed by atoms with Crippen LogP contribution in [0.1, 0.15) is 21.6 Å². The number of hydrogen-bond donors (Lipinski definition) is 2. The van der Waals surface area contributed by atoms with Crippen molar-refractivity contribution in [3.63, 3.8) is 0 Å². The van der Waals surface area contributed by atoms with Crippen molar-refractivity contribution in [3.05, 3.63) is 88.8 Å². The molecule has 0 aliphatic carbocycles. The van der Waals surface area contributed by atoms with Crippen LogP contribution in [0.2, 0.25) is 0 Å². The zero-order valence-electron chi connectivity index (χ0n) is 15.0. The first-order valence-electron chi connectivity index (χ1n) is 8.58. The van der Waals surface area contributed by atoms with Gasteiger partial charge in [0, 0.05) is 35.8 Å². The molecule has 0 unspecified atom stereocenters. The molecule has 140 valence electrons. The summed E-state index contributed by atoms with van der Waals surface area (Å²) < 4.78 is 3.09. The molecule has 0 radical (unpaired) electrons. The topological polar surface area (TPSA) is 110 Å². The van der Waals surface area contributed by atoms with Crippen LogP contribution in [0.25, 0.3) is 11.5 Å². The van der Waals surface area contributed by atoms with E-state index in [0.717, 1.165) is 11.3 Å². The third-order valence-corrected chi connectivity index (χ3v) is 4.29. The van der Waals surface area contributed by atoms with Crippen LogP contribution in [0.15, 0.2) is 66.2 Å². The van der Waals surface area contributed by atoms with Crippen molar-refractivity contribution in [1.82, 2.24) is 34.6 Å². The van der Waals surface area contributed by atoms with Gasteiger partial charge in [0.15, 0.2) is 5.82 Å². The van der Waals surface area contributed by atoms with E-state index in [9.17, 15) is 9.59 Å². The molecule has 0 atom stereocenters. The van der Waals surface area contributed by atoms with Crippen molar-refractivity contribution in [3.8, 4) is 11.5 Å². The van der Waals surface area contributed by atoms with Gasteiger partial charge in [-0.25, -0.2) is 19.4 Å². The van der Waals surface area contributed by atoms with Crippen LogP contribution in [-0.4, -0.2) is 35.2 Å². The standard InChI is InChI=1S/C19H17N7O2/c1-13-9-23-19(28)26(13)16-6-4-14(5-7-16)18(27)22-10-15-3-2-8-21-17(15)25-12-20-11-24-25/h2-9,11-12H,10H2,1H3,(H,22,27)(H,23,28). The number of aromatic nitrogens is 6. The first-order valence-corrected chi connectivity index (χ1v) is 8.58. The molecule has 0 fully saturated rings. The Morgan fingerprint density at radius 1 is 1.21 bits per heavy atom. The van der Waals surface area contributed by atoms with E-state index in [1.54, 1.807) is 58.3 Å². The molecule has 1 amide bonds. The Balaban J connectivity index is 1.49. The number of H-pyrrole nitrogens is 1. The molecule has 3 aromatic heterocycles. The number of pyridine rings is 1. The molecule has 4 aromatic rings. The summed E-state index contributed by atoms with van der Waals surface area (Å²) in [6.45, 7) is 2.12. The fourth-order valence-corrected chi connectivity index (χ4v) is 2.91. The van der Waals surface area contributed by atoms with Gasteiger partial charge in [-0.05, 0) is 37.3 Å². The van der Waals surface area contributed by atoms with E-state index in [1.807, 2.05) is 13.0 Å². The van der Waals surface area contributed by atoms with Crippen LogP contribution in [0, 0.1) is 6.92 Å². The predicted molar refractivity (Wildman–Crippen MR) is 101 cm³/mol. The van der Waals surface area contributed by atoms with Crippen molar-refractivity contribution >= 4 is 5.91 Å². The monoisotopic (exact) mass is 375 g/mol. The number of aryl methyl sites for hydroxylation is 1. The average Bonchev–Trinajstić information content (AvgIpc) is 3.37. The fourth-order valence-electron chi connectivity index (χ4n) is 2.91. The molecule has 0 aliphatic rings. The number of rotatable bonds is 5. The molecule has 0 saturated carbocycles. The summed E-state index contributed by atoms with van der Waals surface area (Å²) in [5.41, 5.74) is 2.58. The Kier molecular flexibility index (Phi) is 4.55. The zero-order chi connectivity index (χ0) is 19.5. The largest absolute Gasteiger partial charge is 0.348 e. The first-order chi connectivity index (χ1) is 13.6. The Morgan fingerprint density at radius 2 is 2.04 bits per heavy atom. The highest BCUT2D eigenvalue weighted by Gasteiger charge is 2.11. The van der Waals surface area contributed by atoms with Crippen molar-refractivity contribution in [2.24, 2.45) is 0 Å². The van der Waals surface area contributed by atoms with Gasteiger partial charge in [-0.15, -0.1) is 0 Å². The van der Waals surface area contributed by atoms with Crippen LogP contribution in [0.3, 0.4) is 0 Å². The Morgan fingerprint density at radius 3 is 2.71 bits per heavy atom. The lowest BCUT2D eigenvalue weighted by atomic mass is 10.2. The van der Waals surface area contributed by atoms with Crippen LogP contribution in [0.4, 0.5) is 0 Å². The van der Waals surface area contributed by atoms with Gasteiger partial charge in [0.25, 0.3) is 5.91 Å². The number of carbonyl (C=O) groups excluding carboxylic acids is 1. The second-order valence-corrected chi connectivity index (χ2v) is 6.13. The summed E-state index contributed by atoms with van der Waals surface area (Å²) in [4.78, 5) is 35.2. The van der Waals surface area contributed by atoms with Gasteiger partial charge in [0.05, 0.1) is 5.69 Å². The highest BCUT2D eigenvalue weighted by Crippen LogP contribution is 2.12. The molecular formula is C19H17N7O2. The Labute approximate surface area is 159 Å². The lowest BCUT2D eigenvalue weighted by Gasteiger charge is -2.10. The average molecular weight is 375 g/mol. The third kappa shape index (κ3) is 3.32. The normalized spacial score (nSPS) is 10.8. The van der Waals surface area contributed by atoms with E-state index in [1.165, 1.54) is 6.33 Å². The number of amides is 1. The summed E-state index contributed by atoms with van der Waals surface area (Å²) in [6, 6.07) is 10.5. The maximum absolute atomic E-state index is 12.5. The summed E-state index contributed by atoms with van der Waals surface area (Å²) in [5, 5.41) is 6.96. The minimum atomic E-state index is -0.224. The number of carbonyl (C=O) groups is 1. The van der Waals surface area contributed by atoms with Gasteiger partial charge in [-0.2, -0.15) is 5.10 Å². The number of nitrogens with one attached hydrogen (secondary N) is 2. The van der Waals surface area contributed by atoms with E-state index in [-0.39, 0.29) is 11.6 Å². The summed E-state index contributed by atoms with van der Waals surface area (Å²) in [7, 11) is 0. The molecular weight excluding hydrogens is 358 g/mol. The number of benzene rings is 1. The van der Waals surface area contributed by atoms with Crippen LogP contribution < -0.4 is 11.0 Å². The molecule has 3 heterocycles. The van der Waals surface area contributed by atoms with Crippen LogP contribution in [0.5, 0.6) is 0 Å². The lowest BCUT2D eigenvalue weighted by Crippen LogP contribution is -2.24. The van der Waals surface area contributed by atoms with Crippen LogP contribution in [-0.2, 0) is 6.54 Å². The third-order valence-electron chi connectivity index (χ3n) is 4.29. The summed E-state index contributed by atoms with van der Waals surface area (Å²) in [5.74, 6) is 0.385. The quantitative estimate of drug-likeness (QED) is 0.547. The SMILES string of the molecule is Cc1c[nH]c(=O)n1-c1ccc(C(=O)NCc2cccnc2-n2cncn2)cc1. The second-order valence-electron chi connectivity index (χ2n) is 6.13. The van der Waals surface area contributed by atoms with Gasteiger partial charge in [0.1, 0.15) is 12.7 Å². The second kappa shape index (κ2) is 7.31. The van der Waals surface area contributed by atoms with Crippen molar-refractivity contribution in [1.29, 1.82) is 0 Å². The Hall–Kier alpha value is -4.01. The van der Waals surface area contributed by atoms with E-state index >= 15 is 0 Å². The molecule has 0 saturated heterocycles. The van der Waals surface area contributed by atoms with E-state index < -0.39 is 0 Å². The highest BCUT2D eigenvalue weighted by molar-refractivity contribution is 5.94. The molecule has 9 heteroatoms. The van der Waals surface area contributed by atoms with E-state index in [2.05, 4.69) is 25.4 Å². The molecule has 0 bridgehead atoms. The minimum Gasteiger partial charge on any atom is -0.348 e. The molecule has 1 aromatic carbocycles. The molecule has 28 heavy (non-hydrogen) atoms. The molecule has 4 rings (SSSR count). The van der Waals surface area contributed by atoms with Gasteiger partial charge in [-0.3, -0.25) is 9.36 Å². The van der Waals surface area contributed by atoms with Gasteiger partial charge >= 0.3 is 5.69 Å². The van der Waals surface area contributed by atoms with Crippen LogP contribution >= 0.6 is 0 Å². The number of aromatic amines is 1. The number of hydrogen-bond acceptors (Lipinski definition) is 5. The maximum atomic E-state index is 12.5. The van der Waals surface area contributed by atoms with Crippen molar-refractivity contribution < 1.29 is 4.79 Å². The van der Waals surface area contributed by atoms with Gasteiger partial charge in [-0.1, -0.05) is 6.07 Å². The van der Waals surface area contributed by atoms with E-state index in [4.69, 9.17) is 0 Å². The lowest BCUT2D eigenvalue weighted by molar-refractivity contribution is 0.0951. The molecule has 9 nitrogen and oxygen atoms in total. The van der Waals surface area contributed by atoms with Crippen molar-refractivity contribution in [2.75, 3.05) is 0 Å². The predicted octanol–water partition coefficient (Wildman–Crippen LogP) is 1.38. The first kappa shape index (κ1) is 17.4. The Bertz CT molecular complexity index is 1160. The number of imidazole rings is 1. The molecule has 0 aliphatic heterocycles. The summed E-state index contributed by atoms with van der Waals surface area (Å²) in [6.07, 6.45) is 6.28. The van der Waals surface area contributed by atoms with Gasteiger partial charge < -0.3 is 10.3 Å². The maximum Gasteiger partial charge on any atom is 0.330 e.